The molecule has 2 N–H and O–H groups in total. The Bertz CT molecular complexity index is 610. The van der Waals surface area contributed by atoms with Crippen LogP contribution in [0.4, 0.5) is 0 Å². The van der Waals surface area contributed by atoms with Gasteiger partial charge in [0.25, 0.3) is 5.91 Å². The summed E-state index contributed by atoms with van der Waals surface area (Å²) in [6, 6.07) is 2.34. The van der Waals surface area contributed by atoms with Crippen LogP contribution in [0.25, 0.3) is 0 Å². The molecule has 1 aliphatic heterocycles. The average Bonchev–Trinajstić information content (AvgIpc) is 3.22. The molecule has 27 heavy (non-hydrogen) atoms. The molecule has 1 aromatic rings. The van der Waals surface area contributed by atoms with E-state index in [1.165, 1.54) is 24.8 Å². The van der Waals surface area contributed by atoms with Gasteiger partial charge in [-0.15, -0.1) is 0 Å². The summed E-state index contributed by atoms with van der Waals surface area (Å²) in [5.41, 5.74) is 1.18. The Hall–Kier alpha value is -1.37. The monoisotopic (exact) mass is 393 g/mol. The summed E-state index contributed by atoms with van der Waals surface area (Å²) >= 11 is 1.65. The molecule has 1 fully saturated rings. The number of rotatable bonds is 8. The molecule has 6 heteroatoms. The van der Waals surface area contributed by atoms with Gasteiger partial charge in [-0.3, -0.25) is 4.79 Å². The van der Waals surface area contributed by atoms with Crippen molar-refractivity contribution in [3.05, 3.63) is 34.2 Å². The summed E-state index contributed by atoms with van der Waals surface area (Å²) in [6.07, 6.45) is 8.65. The van der Waals surface area contributed by atoms with Crippen LogP contribution in [0.5, 0.6) is 0 Å². The van der Waals surface area contributed by atoms with Gasteiger partial charge in [-0.25, -0.2) is 0 Å². The Morgan fingerprint density at radius 1 is 1.37 bits per heavy atom. The third-order valence-corrected chi connectivity index (χ3v) is 6.21. The van der Waals surface area contributed by atoms with E-state index in [4.69, 9.17) is 9.47 Å². The first kappa shape index (κ1) is 20.4. The van der Waals surface area contributed by atoms with Crippen molar-refractivity contribution in [1.82, 2.24) is 5.32 Å². The minimum absolute atomic E-state index is 0.0557. The minimum Gasteiger partial charge on any atom is -0.459 e. The quantitative estimate of drug-likeness (QED) is 0.702. The summed E-state index contributed by atoms with van der Waals surface area (Å²) in [7, 11) is 0. The summed E-state index contributed by atoms with van der Waals surface area (Å²) in [6.45, 7) is 2.60. The van der Waals surface area contributed by atoms with Crippen molar-refractivity contribution in [3.63, 3.8) is 0 Å². The fourth-order valence-corrected chi connectivity index (χ4v) is 4.82. The highest BCUT2D eigenvalue weighted by Gasteiger charge is 2.38. The topological polar surface area (TPSA) is 67.8 Å². The number of aliphatic hydroxyl groups is 1. The SMILES string of the molecule is CCO[C@@H]1OC(C(=O)NC2CCCCC2)=C[C@H](c2ccsc2)[C@@H]1CCCO. The van der Waals surface area contributed by atoms with E-state index in [2.05, 4.69) is 22.1 Å². The van der Waals surface area contributed by atoms with Gasteiger partial charge in [-0.1, -0.05) is 19.3 Å². The molecule has 1 amide bonds. The largest absolute Gasteiger partial charge is 0.459 e. The molecule has 2 aliphatic rings. The van der Waals surface area contributed by atoms with Gasteiger partial charge in [0, 0.05) is 31.1 Å². The highest BCUT2D eigenvalue weighted by molar-refractivity contribution is 7.08. The Morgan fingerprint density at radius 2 is 2.19 bits per heavy atom. The van der Waals surface area contributed by atoms with Gasteiger partial charge in [-0.2, -0.15) is 11.3 Å². The summed E-state index contributed by atoms with van der Waals surface area (Å²) in [5, 5.41) is 16.6. The lowest BCUT2D eigenvalue weighted by Gasteiger charge is -2.37. The third kappa shape index (κ3) is 5.33. The standard InChI is InChI=1S/C21H31NO4S/c1-2-25-21-17(9-6-11-23)18(15-10-12-27-14-15)13-19(26-21)20(24)22-16-7-4-3-5-8-16/h10,12-14,16-18,21,23H,2-9,11H2,1H3,(H,22,24)/t17-,18+,21+/m0/s1. The molecule has 0 saturated heterocycles. The summed E-state index contributed by atoms with van der Waals surface area (Å²) in [4.78, 5) is 12.9. The maximum absolute atomic E-state index is 12.9. The van der Waals surface area contributed by atoms with Crippen molar-refractivity contribution in [2.24, 2.45) is 5.92 Å². The van der Waals surface area contributed by atoms with Gasteiger partial charge >= 0.3 is 0 Å². The minimum atomic E-state index is -0.469. The number of aliphatic hydroxyl groups excluding tert-OH is 1. The van der Waals surface area contributed by atoms with Crippen molar-refractivity contribution >= 4 is 17.2 Å². The molecule has 0 spiro atoms. The van der Waals surface area contributed by atoms with E-state index in [0.717, 1.165) is 19.3 Å². The number of carbonyl (C=O) groups is 1. The molecular formula is C21H31NO4S. The number of hydrogen-bond donors (Lipinski definition) is 2. The van der Waals surface area contributed by atoms with Crippen molar-refractivity contribution in [3.8, 4) is 0 Å². The molecule has 150 valence electrons. The van der Waals surface area contributed by atoms with Crippen LogP contribution in [0.2, 0.25) is 0 Å². The van der Waals surface area contributed by atoms with Crippen molar-refractivity contribution in [2.45, 2.75) is 70.1 Å². The Balaban J connectivity index is 1.80. The number of nitrogens with one attached hydrogen (secondary N) is 1. The zero-order chi connectivity index (χ0) is 19.1. The van der Waals surface area contributed by atoms with Gasteiger partial charge in [0.05, 0.1) is 0 Å². The van der Waals surface area contributed by atoms with Crippen molar-refractivity contribution < 1.29 is 19.4 Å². The second kappa shape index (κ2) is 10.2. The van der Waals surface area contributed by atoms with Crippen LogP contribution in [0.15, 0.2) is 28.7 Å². The highest BCUT2D eigenvalue weighted by atomic mass is 32.1. The predicted molar refractivity (Wildman–Crippen MR) is 106 cm³/mol. The molecule has 0 unspecified atom stereocenters. The van der Waals surface area contributed by atoms with E-state index in [1.54, 1.807) is 11.3 Å². The maximum Gasteiger partial charge on any atom is 0.286 e. The van der Waals surface area contributed by atoms with Gasteiger partial charge < -0.3 is 19.9 Å². The van der Waals surface area contributed by atoms with Crippen LogP contribution in [0.3, 0.4) is 0 Å². The highest BCUT2D eigenvalue weighted by Crippen LogP contribution is 2.40. The first-order valence-corrected chi connectivity index (χ1v) is 11.1. The third-order valence-electron chi connectivity index (χ3n) is 5.50. The number of thiophene rings is 1. The summed E-state index contributed by atoms with van der Waals surface area (Å²) < 4.78 is 11.9. The molecule has 3 rings (SSSR count). The van der Waals surface area contributed by atoms with E-state index in [-0.39, 0.29) is 30.4 Å². The molecule has 0 aromatic carbocycles. The zero-order valence-corrected chi connectivity index (χ0v) is 16.9. The number of allylic oxidation sites excluding steroid dienone is 1. The molecule has 1 saturated carbocycles. The molecule has 1 aliphatic carbocycles. The maximum atomic E-state index is 12.9. The second-order valence-electron chi connectivity index (χ2n) is 7.39. The number of amides is 1. The predicted octanol–water partition coefficient (Wildman–Crippen LogP) is 3.95. The Labute approximate surface area is 165 Å². The average molecular weight is 394 g/mol. The van der Waals surface area contributed by atoms with E-state index >= 15 is 0 Å². The van der Waals surface area contributed by atoms with Gasteiger partial charge in [0.15, 0.2) is 5.76 Å². The molecule has 2 heterocycles. The number of ether oxygens (including phenoxy) is 2. The van der Waals surface area contributed by atoms with Gasteiger partial charge in [0.2, 0.25) is 6.29 Å². The van der Waals surface area contributed by atoms with E-state index in [0.29, 0.717) is 18.8 Å². The van der Waals surface area contributed by atoms with Gasteiger partial charge in [0.1, 0.15) is 0 Å². The van der Waals surface area contributed by atoms with E-state index in [9.17, 15) is 9.90 Å². The molecular weight excluding hydrogens is 362 g/mol. The van der Waals surface area contributed by atoms with Crippen molar-refractivity contribution in [2.75, 3.05) is 13.2 Å². The smallest absolute Gasteiger partial charge is 0.286 e. The van der Waals surface area contributed by atoms with E-state index in [1.807, 2.05) is 13.0 Å². The normalized spacial score (nSPS) is 26.3. The van der Waals surface area contributed by atoms with Crippen LogP contribution in [0, 0.1) is 5.92 Å². The molecule has 0 radical (unpaired) electrons. The molecule has 3 atom stereocenters. The Morgan fingerprint density at radius 3 is 2.85 bits per heavy atom. The number of carbonyl (C=O) groups excluding carboxylic acids is 1. The first-order chi connectivity index (χ1) is 13.2. The van der Waals surface area contributed by atoms with Crippen LogP contribution < -0.4 is 5.32 Å². The first-order valence-electron chi connectivity index (χ1n) is 10.2. The molecule has 5 nitrogen and oxygen atoms in total. The molecule has 1 aromatic heterocycles. The fraction of sp³-hybridized carbons (Fsp3) is 0.667. The second-order valence-corrected chi connectivity index (χ2v) is 8.17. The van der Waals surface area contributed by atoms with Crippen molar-refractivity contribution in [1.29, 1.82) is 0 Å². The Kier molecular flexibility index (Phi) is 7.73. The lowest BCUT2D eigenvalue weighted by Crippen LogP contribution is -2.42. The van der Waals surface area contributed by atoms with Crippen LogP contribution >= 0.6 is 11.3 Å². The van der Waals surface area contributed by atoms with Gasteiger partial charge in [-0.05, 0) is 61.1 Å². The fourth-order valence-electron chi connectivity index (χ4n) is 4.11. The number of hydrogen-bond acceptors (Lipinski definition) is 5. The van der Waals surface area contributed by atoms with Crippen LogP contribution in [0.1, 0.15) is 63.4 Å². The lowest BCUT2D eigenvalue weighted by atomic mass is 9.81. The zero-order valence-electron chi connectivity index (χ0n) is 16.1. The van der Waals surface area contributed by atoms with Crippen LogP contribution in [-0.4, -0.2) is 36.6 Å². The lowest BCUT2D eigenvalue weighted by molar-refractivity contribution is -0.166. The van der Waals surface area contributed by atoms with Crippen LogP contribution in [-0.2, 0) is 14.3 Å². The molecule has 0 bridgehead atoms. The van der Waals surface area contributed by atoms with E-state index < -0.39 is 6.29 Å². The summed E-state index contributed by atoms with van der Waals surface area (Å²) in [5.74, 6) is 0.376.